The zero-order valence-electron chi connectivity index (χ0n) is 12.2. The molecule has 0 aromatic rings. The highest BCUT2D eigenvalue weighted by atomic mass is 32.2. The molecule has 0 radical (unpaired) electrons. The van der Waals surface area contributed by atoms with Gasteiger partial charge in [-0.3, -0.25) is 9.59 Å². The summed E-state index contributed by atoms with van der Waals surface area (Å²) < 4.78 is 25.7. The van der Waals surface area contributed by atoms with Crippen molar-refractivity contribution in [3.05, 3.63) is 0 Å². The second-order valence-electron chi connectivity index (χ2n) is 5.69. The van der Waals surface area contributed by atoms with E-state index < -0.39 is 28.0 Å². The molecular weight excluding hydrogens is 296 g/mol. The predicted octanol–water partition coefficient (Wildman–Crippen LogP) is 0.124. The number of rotatable bonds is 5. The number of carbonyl (C=O) groups excluding carboxylic acids is 1. The highest BCUT2D eigenvalue weighted by Gasteiger charge is 2.42. The molecule has 0 aromatic heterocycles. The number of likely N-dealkylation sites (tertiary alicyclic amines) is 1. The largest absolute Gasteiger partial charge is 0.481 e. The van der Waals surface area contributed by atoms with E-state index in [4.69, 9.17) is 5.11 Å². The minimum atomic E-state index is -3.39. The normalized spacial score (nSPS) is 27.2. The molecule has 0 aromatic carbocycles. The molecule has 2 aliphatic rings. The van der Waals surface area contributed by atoms with Crippen LogP contribution in [0.4, 0.5) is 0 Å². The average molecular weight is 318 g/mol. The SMILES string of the molecule is CCCS(=O)(=O)N1CCCC1C(=O)N1CCC(C(=O)O)C1. The number of carboxylic acid groups (broad SMARTS) is 1. The van der Waals surface area contributed by atoms with Gasteiger partial charge >= 0.3 is 5.97 Å². The third-order valence-electron chi connectivity index (χ3n) is 4.16. The number of nitrogens with zero attached hydrogens (tertiary/aromatic N) is 2. The van der Waals surface area contributed by atoms with E-state index in [1.54, 1.807) is 6.92 Å². The number of sulfonamides is 1. The van der Waals surface area contributed by atoms with Crippen molar-refractivity contribution in [1.29, 1.82) is 0 Å². The molecule has 0 spiro atoms. The molecule has 0 aliphatic carbocycles. The molecule has 21 heavy (non-hydrogen) atoms. The van der Waals surface area contributed by atoms with Crippen LogP contribution in [0.2, 0.25) is 0 Å². The maximum Gasteiger partial charge on any atom is 0.308 e. The molecule has 1 amide bonds. The van der Waals surface area contributed by atoms with Crippen LogP contribution in [0.3, 0.4) is 0 Å². The van der Waals surface area contributed by atoms with Crippen LogP contribution in [0.5, 0.6) is 0 Å². The van der Waals surface area contributed by atoms with Gasteiger partial charge in [-0.15, -0.1) is 0 Å². The van der Waals surface area contributed by atoms with Gasteiger partial charge in [-0.2, -0.15) is 4.31 Å². The van der Waals surface area contributed by atoms with Gasteiger partial charge in [0.1, 0.15) is 6.04 Å². The maximum atomic E-state index is 12.5. The smallest absolute Gasteiger partial charge is 0.308 e. The molecule has 2 unspecified atom stereocenters. The average Bonchev–Trinajstić information content (AvgIpc) is 3.07. The molecule has 8 heteroatoms. The van der Waals surface area contributed by atoms with Gasteiger partial charge in [0, 0.05) is 19.6 Å². The second kappa shape index (κ2) is 6.31. The number of hydrogen-bond donors (Lipinski definition) is 1. The van der Waals surface area contributed by atoms with Crippen molar-refractivity contribution in [1.82, 2.24) is 9.21 Å². The van der Waals surface area contributed by atoms with Crippen molar-refractivity contribution in [2.75, 3.05) is 25.4 Å². The summed E-state index contributed by atoms with van der Waals surface area (Å²) >= 11 is 0. The summed E-state index contributed by atoms with van der Waals surface area (Å²) in [6, 6.07) is -0.644. The Bertz CT molecular complexity index is 519. The van der Waals surface area contributed by atoms with E-state index >= 15 is 0 Å². The summed E-state index contributed by atoms with van der Waals surface area (Å²) in [4.78, 5) is 25.0. The van der Waals surface area contributed by atoms with Gasteiger partial charge in [-0.1, -0.05) is 6.92 Å². The molecule has 2 saturated heterocycles. The minimum Gasteiger partial charge on any atom is -0.481 e. The monoisotopic (exact) mass is 318 g/mol. The number of amides is 1. The van der Waals surface area contributed by atoms with Gasteiger partial charge < -0.3 is 10.0 Å². The van der Waals surface area contributed by atoms with E-state index in [1.807, 2.05) is 0 Å². The molecule has 2 heterocycles. The Hall–Kier alpha value is -1.15. The van der Waals surface area contributed by atoms with Crippen LogP contribution in [0, 0.1) is 5.92 Å². The Morgan fingerprint density at radius 3 is 2.52 bits per heavy atom. The molecule has 7 nitrogen and oxygen atoms in total. The van der Waals surface area contributed by atoms with Crippen LogP contribution in [0.1, 0.15) is 32.6 Å². The number of hydrogen-bond acceptors (Lipinski definition) is 4. The first kappa shape index (κ1) is 16.2. The summed E-state index contributed by atoms with van der Waals surface area (Å²) in [5.74, 6) is -1.62. The van der Waals surface area contributed by atoms with Crippen molar-refractivity contribution in [2.24, 2.45) is 5.92 Å². The summed E-state index contributed by atoms with van der Waals surface area (Å²) in [7, 11) is -3.39. The molecular formula is C13H22N2O5S. The number of aliphatic carboxylic acids is 1. The fourth-order valence-electron chi connectivity index (χ4n) is 3.07. The lowest BCUT2D eigenvalue weighted by molar-refractivity contribution is -0.141. The summed E-state index contributed by atoms with van der Waals surface area (Å²) in [5.41, 5.74) is 0. The van der Waals surface area contributed by atoms with Crippen molar-refractivity contribution in [3.8, 4) is 0 Å². The minimum absolute atomic E-state index is 0.0501. The summed E-state index contributed by atoms with van der Waals surface area (Å²) in [5, 5.41) is 8.99. The highest BCUT2D eigenvalue weighted by molar-refractivity contribution is 7.89. The van der Waals surface area contributed by atoms with Gasteiger partial charge in [0.15, 0.2) is 0 Å². The Kier molecular flexibility index (Phi) is 4.88. The van der Waals surface area contributed by atoms with Crippen LogP contribution >= 0.6 is 0 Å². The lowest BCUT2D eigenvalue weighted by Crippen LogP contribution is -2.47. The van der Waals surface area contributed by atoms with E-state index in [9.17, 15) is 18.0 Å². The van der Waals surface area contributed by atoms with Gasteiger partial charge in [-0.25, -0.2) is 8.42 Å². The van der Waals surface area contributed by atoms with Gasteiger partial charge in [-0.05, 0) is 25.7 Å². The van der Waals surface area contributed by atoms with Crippen LogP contribution < -0.4 is 0 Å². The van der Waals surface area contributed by atoms with Crippen LogP contribution in [-0.4, -0.2) is 66.0 Å². The van der Waals surface area contributed by atoms with Crippen LogP contribution in [-0.2, 0) is 19.6 Å². The van der Waals surface area contributed by atoms with Crippen molar-refractivity contribution in [2.45, 2.75) is 38.6 Å². The number of carboxylic acids is 1. The van der Waals surface area contributed by atoms with E-state index in [1.165, 1.54) is 9.21 Å². The first-order chi connectivity index (χ1) is 9.86. The molecule has 2 rings (SSSR count). The Labute approximate surface area is 125 Å². The zero-order valence-corrected chi connectivity index (χ0v) is 13.0. The summed E-state index contributed by atoms with van der Waals surface area (Å²) in [6.07, 6.45) is 2.16. The zero-order chi connectivity index (χ0) is 15.6. The van der Waals surface area contributed by atoms with Crippen LogP contribution in [0.25, 0.3) is 0 Å². The van der Waals surface area contributed by atoms with E-state index in [0.717, 1.165) is 0 Å². The molecule has 2 fully saturated rings. The Morgan fingerprint density at radius 1 is 1.24 bits per heavy atom. The quantitative estimate of drug-likeness (QED) is 0.777. The fourth-order valence-corrected chi connectivity index (χ4v) is 4.81. The number of carbonyl (C=O) groups is 2. The first-order valence-electron chi connectivity index (χ1n) is 7.38. The second-order valence-corrected chi connectivity index (χ2v) is 7.73. The predicted molar refractivity (Wildman–Crippen MR) is 76.1 cm³/mol. The fraction of sp³-hybridized carbons (Fsp3) is 0.846. The topological polar surface area (TPSA) is 95.0 Å². The highest BCUT2D eigenvalue weighted by Crippen LogP contribution is 2.26. The van der Waals surface area contributed by atoms with Crippen molar-refractivity contribution >= 4 is 21.9 Å². The van der Waals surface area contributed by atoms with Gasteiger partial charge in [0.05, 0.1) is 11.7 Å². The lowest BCUT2D eigenvalue weighted by Gasteiger charge is -2.27. The lowest BCUT2D eigenvalue weighted by atomic mass is 10.1. The van der Waals surface area contributed by atoms with Crippen molar-refractivity contribution in [3.63, 3.8) is 0 Å². The van der Waals surface area contributed by atoms with Crippen LogP contribution in [0.15, 0.2) is 0 Å². The van der Waals surface area contributed by atoms with Gasteiger partial charge in [0.25, 0.3) is 0 Å². The van der Waals surface area contributed by atoms with Crippen molar-refractivity contribution < 1.29 is 23.1 Å². The third-order valence-corrected chi connectivity index (χ3v) is 6.23. The molecule has 1 N–H and O–H groups in total. The van der Waals surface area contributed by atoms with E-state index in [2.05, 4.69) is 0 Å². The molecule has 2 atom stereocenters. The molecule has 2 aliphatic heterocycles. The van der Waals surface area contributed by atoms with Gasteiger partial charge in [0.2, 0.25) is 15.9 Å². The van der Waals surface area contributed by atoms with E-state index in [-0.39, 0.29) is 18.2 Å². The third kappa shape index (κ3) is 3.37. The van der Waals surface area contributed by atoms with E-state index in [0.29, 0.717) is 38.8 Å². The Morgan fingerprint density at radius 2 is 1.95 bits per heavy atom. The summed E-state index contributed by atoms with van der Waals surface area (Å²) in [6.45, 7) is 2.76. The molecule has 0 saturated carbocycles. The molecule has 120 valence electrons. The first-order valence-corrected chi connectivity index (χ1v) is 8.99. The maximum absolute atomic E-state index is 12.5. The molecule has 0 bridgehead atoms. The Balaban J connectivity index is 2.07. The standard InChI is InChI=1S/C13H22N2O5S/c1-2-8-21(19,20)15-6-3-4-11(15)12(16)14-7-5-10(9-14)13(17)18/h10-11H,2-9H2,1H3,(H,17,18).